The number of para-hydroxylation sites is 1. The van der Waals surface area contributed by atoms with E-state index in [2.05, 4.69) is 245 Å². The molecule has 0 radical (unpaired) electrons. The number of nitrogens with zero attached hydrogens (tertiary/aromatic N) is 2. The van der Waals surface area contributed by atoms with Crippen molar-refractivity contribution in [1.29, 1.82) is 0 Å². The van der Waals surface area contributed by atoms with Gasteiger partial charge in [0.2, 0.25) is 0 Å². The van der Waals surface area contributed by atoms with Crippen LogP contribution in [0.5, 0.6) is 0 Å². The lowest BCUT2D eigenvalue weighted by Gasteiger charge is -2.27. The third kappa shape index (κ3) is 6.99. The van der Waals surface area contributed by atoms with Crippen molar-refractivity contribution in [2.75, 3.05) is 4.90 Å². The van der Waals surface area contributed by atoms with Crippen molar-refractivity contribution >= 4 is 66.5 Å². The van der Waals surface area contributed by atoms with Crippen LogP contribution in [0.15, 0.2) is 188 Å². The van der Waals surface area contributed by atoms with E-state index < -0.39 is 0 Å². The van der Waals surface area contributed by atoms with Crippen LogP contribution in [0.2, 0.25) is 0 Å². The summed E-state index contributed by atoms with van der Waals surface area (Å²) in [5.74, 6) is 0. The van der Waals surface area contributed by atoms with Gasteiger partial charge in [-0.1, -0.05) is 169 Å². The van der Waals surface area contributed by atoms with Crippen molar-refractivity contribution in [3.05, 3.63) is 210 Å². The molecule has 0 saturated carbocycles. The SMILES string of the molecule is CC(C)(C)c1ccc2c3c(-c4cccc(N(c5ccc(-c6ccc7c(c6)CCC=C7)cc5)c5ccc6c(ccc7ccccc76)c5)c4)cc(C(C)(C)C)cc3n(-c3ccccc3)c2c1. The first-order valence-corrected chi connectivity index (χ1v) is 22.9. The number of hydrogen-bond donors (Lipinski definition) is 0. The Bertz CT molecular complexity index is 3440. The number of aromatic nitrogens is 1. The first-order valence-electron chi connectivity index (χ1n) is 22.9. The van der Waals surface area contributed by atoms with Gasteiger partial charge in [0.25, 0.3) is 0 Å². The van der Waals surface area contributed by atoms with Crippen LogP contribution in [0.1, 0.15) is 70.2 Å². The molecule has 64 heavy (non-hydrogen) atoms. The lowest BCUT2D eigenvalue weighted by molar-refractivity contribution is 0.591. The van der Waals surface area contributed by atoms with Crippen LogP contribution < -0.4 is 4.90 Å². The number of rotatable bonds is 6. The second kappa shape index (κ2) is 15.3. The molecule has 0 spiro atoms. The molecule has 9 aromatic carbocycles. The maximum Gasteiger partial charge on any atom is 0.0550 e. The topological polar surface area (TPSA) is 8.17 Å². The minimum Gasteiger partial charge on any atom is -0.310 e. The quantitative estimate of drug-likeness (QED) is 0.152. The van der Waals surface area contributed by atoms with Gasteiger partial charge in [-0.25, -0.2) is 0 Å². The van der Waals surface area contributed by atoms with E-state index in [0.717, 1.165) is 29.9 Å². The van der Waals surface area contributed by atoms with Crippen LogP contribution in [0, 0.1) is 0 Å². The molecule has 1 aliphatic rings. The summed E-state index contributed by atoms with van der Waals surface area (Å²) >= 11 is 0. The lowest BCUT2D eigenvalue weighted by Crippen LogP contribution is -2.12. The third-order valence-corrected chi connectivity index (χ3v) is 13.5. The van der Waals surface area contributed by atoms with E-state index in [9.17, 15) is 0 Å². The summed E-state index contributed by atoms with van der Waals surface area (Å²) in [7, 11) is 0. The van der Waals surface area contributed by atoms with Crippen LogP contribution >= 0.6 is 0 Å². The van der Waals surface area contributed by atoms with Gasteiger partial charge in [-0.05, 0) is 156 Å². The second-order valence-corrected chi connectivity index (χ2v) is 19.8. The molecule has 1 aromatic heterocycles. The van der Waals surface area contributed by atoms with Gasteiger partial charge >= 0.3 is 0 Å². The summed E-state index contributed by atoms with van der Waals surface area (Å²) in [6, 6.07) is 68.4. The van der Waals surface area contributed by atoms with Crippen molar-refractivity contribution in [2.24, 2.45) is 0 Å². The van der Waals surface area contributed by atoms with Crippen molar-refractivity contribution in [3.8, 4) is 27.9 Å². The third-order valence-electron chi connectivity index (χ3n) is 13.5. The summed E-state index contributed by atoms with van der Waals surface area (Å²) < 4.78 is 2.49. The van der Waals surface area contributed by atoms with Crippen LogP contribution in [0.25, 0.3) is 77.4 Å². The molecule has 2 heteroatoms. The van der Waals surface area contributed by atoms with Crippen LogP contribution in [0.4, 0.5) is 17.1 Å². The number of anilines is 3. The molecule has 0 fully saturated rings. The molecule has 10 aromatic rings. The molecule has 312 valence electrons. The molecule has 0 aliphatic heterocycles. The Hall–Kier alpha value is -7.16. The van der Waals surface area contributed by atoms with Gasteiger partial charge in [0, 0.05) is 33.5 Å². The Balaban J connectivity index is 1.12. The summed E-state index contributed by atoms with van der Waals surface area (Å²) in [6.07, 6.45) is 6.74. The van der Waals surface area contributed by atoms with Crippen molar-refractivity contribution in [3.63, 3.8) is 0 Å². The maximum absolute atomic E-state index is 2.49. The fraction of sp³-hybridized carbons (Fsp3) is 0.161. The zero-order chi connectivity index (χ0) is 43.7. The van der Waals surface area contributed by atoms with E-state index in [-0.39, 0.29) is 10.8 Å². The van der Waals surface area contributed by atoms with Gasteiger partial charge in [-0.3, -0.25) is 0 Å². The van der Waals surface area contributed by atoms with Crippen LogP contribution in [0.3, 0.4) is 0 Å². The average molecular weight is 827 g/mol. The molecule has 0 N–H and O–H groups in total. The highest BCUT2D eigenvalue weighted by Gasteiger charge is 2.25. The van der Waals surface area contributed by atoms with E-state index >= 15 is 0 Å². The molecular formula is C62H54N2. The van der Waals surface area contributed by atoms with E-state index in [4.69, 9.17) is 0 Å². The Labute approximate surface area is 377 Å². The molecule has 0 bridgehead atoms. The Kier molecular flexibility index (Phi) is 9.47. The molecule has 0 amide bonds. The van der Waals surface area contributed by atoms with Crippen molar-refractivity contribution in [1.82, 2.24) is 4.57 Å². The van der Waals surface area contributed by atoms with Gasteiger partial charge in [0.1, 0.15) is 0 Å². The Morgan fingerprint density at radius 2 is 1.14 bits per heavy atom. The van der Waals surface area contributed by atoms with Gasteiger partial charge in [-0.15, -0.1) is 0 Å². The van der Waals surface area contributed by atoms with E-state index in [1.54, 1.807) is 0 Å². The fourth-order valence-electron chi connectivity index (χ4n) is 9.94. The normalized spacial score (nSPS) is 13.0. The highest BCUT2D eigenvalue weighted by atomic mass is 15.1. The summed E-state index contributed by atoms with van der Waals surface area (Å²) in [6.45, 7) is 13.9. The number of hydrogen-bond acceptors (Lipinski definition) is 1. The fourth-order valence-corrected chi connectivity index (χ4v) is 9.94. The minimum absolute atomic E-state index is 0.00947. The zero-order valence-electron chi connectivity index (χ0n) is 37.8. The zero-order valence-corrected chi connectivity index (χ0v) is 37.8. The maximum atomic E-state index is 2.49. The summed E-state index contributed by atoms with van der Waals surface area (Å²) in [4.78, 5) is 2.44. The monoisotopic (exact) mass is 826 g/mol. The van der Waals surface area contributed by atoms with E-state index in [1.807, 2.05) is 0 Å². The molecule has 0 unspecified atom stereocenters. The number of allylic oxidation sites excluding steroid dienone is 1. The van der Waals surface area contributed by atoms with Crippen molar-refractivity contribution in [2.45, 2.75) is 65.2 Å². The largest absolute Gasteiger partial charge is 0.310 e. The molecular weight excluding hydrogens is 773 g/mol. The van der Waals surface area contributed by atoms with Crippen molar-refractivity contribution < 1.29 is 0 Å². The van der Waals surface area contributed by atoms with Gasteiger partial charge < -0.3 is 9.47 Å². The Morgan fingerprint density at radius 1 is 0.453 bits per heavy atom. The summed E-state index contributed by atoms with van der Waals surface area (Å²) in [5.41, 5.74) is 17.3. The minimum atomic E-state index is -0.0765. The molecule has 11 rings (SSSR count). The smallest absolute Gasteiger partial charge is 0.0550 e. The van der Waals surface area contributed by atoms with Gasteiger partial charge in [0.05, 0.1) is 11.0 Å². The number of aryl methyl sites for hydroxylation is 1. The van der Waals surface area contributed by atoms with Gasteiger partial charge in [0.15, 0.2) is 0 Å². The molecule has 0 saturated heterocycles. The predicted molar refractivity (Wildman–Crippen MR) is 276 cm³/mol. The van der Waals surface area contributed by atoms with E-state index in [0.29, 0.717) is 0 Å². The van der Waals surface area contributed by atoms with Gasteiger partial charge in [-0.2, -0.15) is 0 Å². The van der Waals surface area contributed by atoms with Crippen LogP contribution in [-0.4, -0.2) is 4.57 Å². The molecule has 1 heterocycles. The first-order chi connectivity index (χ1) is 31.0. The highest BCUT2D eigenvalue weighted by Crippen LogP contribution is 2.45. The number of fused-ring (bicyclic) bond motifs is 7. The lowest BCUT2D eigenvalue weighted by atomic mass is 9.83. The van der Waals surface area contributed by atoms with E-state index in [1.165, 1.54) is 93.5 Å². The number of benzene rings is 9. The first kappa shape index (κ1) is 39.7. The molecule has 2 nitrogen and oxygen atoms in total. The predicted octanol–water partition coefficient (Wildman–Crippen LogP) is 17.4. The second-order valence-electron chi connectivity index (χ2n) is 19.8. The molecule has 1 aliphatic carbocycles. The standard InChI is InChI=1S/C62H54N2/c1-61(2,3)48-29-33-56-58(39-48)64(50-19-8-7-9-20-50)59-40-49(62(4,5)6)38-57(60(56)59)46-18-14-21-52(36-46)63(53-32-34-55-47(37-53)26-24-43-16-12-13-22-54(43)55)51-30-27-42(28-31-51)45-25-23-41-15-10-11-17-44(41)35-45/h7-10,12-16,18-40H,11,17H2,1-6H3. The Morgan fingerprint density at radius 3 is 1.95 bits per heavy atom. The highest BCUT2D eigenvalue weighted by molar-refractivity contribution is 6.16. The summed E-state index contributed by atoms with van der Waals surface area (Å²) in [5, 5.41) is 7.56. The van der Waals surface area contributed by atoms with Crippen LogP contribution in [-0.2, 0) is 17.3 Å². The average Bonchev–Trinajstić information content (AvgIpc) is 3.65. The molecule has 0 atom stereocenters.